The van der Waals surface area contributed by atoms with Crippen molar-refractivity contribution in [2.75, 3.05) is 7.11 Å². The summed E-state index contributed by atoms with van der Waals surface area (Å²) >= 11 is 1.53. The largest absolute Gasteiger partial charge is 0.496 e. The summed E-state index contributed by atoms with van der Waals surface area (Å²) < 4.78 is 18.6. The van der Waals surface area contributed by atoms with Crippen molar-refractivity contribution in [2.24, 2.45) is 5.73 Å². The second-order valence-electron chi connectivity index (χ2n) is 4.22. The van der Waals surface area contributed by atoms with E-state index in [1.807, 2.05) is 31.2 Å². The van der Waals surface area contributed by atoms with Crippen molar-refractivity contribution >= 4 is 11.8 Å². The Morgan fingerprint density at radius 3 is 2.58 bits per heavy atom. The number of hydrogen-bond donors (Lipinski definition) is 1. The van der Waals surface area contributed by atoms with Crippen molar-refractivity contribution in [1.29, 1.82) is 0 Å². The van der Waals surface area contributed by atoms with Crippen LogP contribution in [-0.2, 0) is 0 Å². The average Bonchev–Trinajstić information content (AvgIpc) is 2.41. The molecule has 0 aliphatic heterocycles. The Kier molecular flexibility index (Phi) is 4.45. The molecule has 1 atom stereocenters. The molecule has 19 heavy (non-hydrogen) atoms. The number of para-hydroxylation sites is 1. The molecule has 0 heterocycles. The van der Waals surface area contributed by atoms with Crippen LogP contribution in [0.3, 0.4) is 0 Å². The number of rotatable bonds is 4. The van der Waals surface area contributed by atoms with E-state index in [0.717, 1.165) is 21.1 Å². The molecule has 0 aliphatic rings. The molecule has 0 bridgehead atoms. The molecule has 0 saturated carbocycles. The van der Waals surface area contributed by atoms with Gasteiger partial charge in [0.1, 0.15) is 11.6 Å². The molecule has 100 valence electrons. The zero-order valence-electron chi connectivity index (χ0n) is 10.9. The highest BCUT2D eigenvalue weighted by molar-refractivity contribution is 7.99. The Balaban J connectivity index is 2.38. The van der Waals surface area contributed by atoms with Gasteiger partial charge in [-0.2, -0.15) is 0 Å². The third kappa shape index (κ3) is 3.28. The molecule has 4 heteroatoms. The molecule has 2 N–H and O–H groups in total. The van der Waals surface area contributed by atoms with Gasteiger partial charge < -0.3 is 10.5 Å². The number of nitrogens with two attached hydrogens (primary N) is 1. The van der Waals surface area contributed by atoms with Gasteiger partial charge in [-0.05, 0) is 42.8 Å². The lowest BCUT2D eigenvalue weighted by Crippen LogP contribution is -2.06. The van der Waals surface area contributed by atoms with Gasteiger partial charge in [-0.1, -0.05) is 23.9 Å². The molecule has 0 radical (unpaired) electrons. The first-order chi connectivity index (χ1) is 9.11. The molecule has 2 nitrogen and oxygen atoms in total. The van der Waals surface area contributed by atoms with E-state index in [2.05, 4.69) is 0 Å². The minimum absolute atomic E-state index is 0.215. The fraction of sp³-hybridized carbons (Fsp3) is 0.200. The van der Waals surface area contributed by atoms with Gasteiger partial charge in [-0.25, -0.2) is 4.39 Å². The summed E-state index contributed by atoms with van der Waals surface area (Å²) in [4.78, 5) is 1.93. The second-order valence-corrected chi connectivity index (χ2v) is 5.31. The summed E-state index contributed by atoms with van der Waals surface area (Å²) in [5, 5.41) is 0. The second kappa shape index (κ2) is 6.08. The molecule has 2 rings (SSSR count). The molecule has 2 aromatic carbocycles. The maximum Gasteiger partial charge on any atom is 0.132 e. The highest BCUT2D eigenvalue weighted by atomic mass is 32.2. The maximum absolute atomic E-state index is 13.3. The van der Waals surface area contributed by atoms with Gasteiger partial charge in [-0.3, -0.25) is 0 Å². The quantitative estimate of drug-likeness (QED) is 0.917. The topological polar surface area (TPSA) is 35.2 Å². The van der Waals surface area contributed by atoms with E-state index in [1.165, 1.54) is 23.9 Å². The lowest BCUT2D eigenvalue weighted by atomic mass is 10.1. The highest BCUT2D eigenvalue weighted by Crippen LogP contribution is 2.37. The Morgan fingerprint density at radius 2 is 1.89 bits per heavy atom. The van der Waals surface area contributed by atoms with Gasteiger partial charge in [-0.15, -0.1) is 0 Å². The number of methoxy groups -OCH3 is 1. The van der Waals surface area contributed by atoms with E-state index >= 15 is 0 Å². The van der Waals surface area contributed by atoms with Gasteiger partial charge in [0.25, 0.3) is 0 Å². The summed E-state index contributed by atoms with van der Waals surface area (Å²) in [7, 11) is 1.64. The first-order valence-electron chi connectivity index (χ1n) is 5.97. The van der Waals surface area contributed by atoms with Crippen LogP contribution in [0.1, 0.15) is 18.5 Å². The molecule has 0 saturated heterocycles. The van der Waals surface area contributed by atoms with Crippen LogP contribution in [0.2, 0.25) is 0 Å². The van der Waals surface area contributed by atoms with Crippen LogP contribution in [0.5, 0.6) is 5.75 Å². The zero-order chi connectivity index (χ0) is 13.8. The lowest BCUT2D eigenvalue weighted by molar-refractivity contribution is 0.405. The fourth-order valence-corrected chi connectivity index (χ4v) is 2.92. The van der Waals surface area contributed by atoms with Crippen LogP contribution >= 0.6 is 11.8 Å². The Morgan fingerprint density at radius 1 is 1.16 bits per heavy atom. The van der Waals surface area contributed by atoms with Crippen molar-refractivity contribution in [3.05, 3.63) is 53.8 Å². The molecular formula is C15H16FNOS. The molecule has 0 aliphatic carbocycles. The predicted molar refractivity (Wildman–Crippen MR) is 76.1 cm³/mol. The van der Waals surface area contributed by atoms with Gasteiger partial charge in [0.15, 0.2) is 0 Å². The normalized spacial score (nSPS) is 12.2. The van der Waals surface area contributed by atoms with E-state index in [9.17, 15) is 4.39 Å². The van der Waals surface area contributed by atoms with Crippen LogP contribution in [0.25, 0.3) is 0 Å². The highest BCUT2D eigenvalue weighted by Gasteiger charge is 2.11. The van der Waals surface area contributed by atoms with Crippen LogP contribution in [0.15, 0.2) is 52.3 Å². The molecule has 0 unspecified atom stereocenters. The third-order valence-corrected chi connectivity index (χ3v) is 3.90. The van der Waals surface area contributed by atoms with E-state index in [4.69, 9.17) is 10.5 Å². The van der Waals surface area contributed by atoms with Gasteiger partial charge in [0.05, 0.1) is 12.0 Å². The molecule has 0 aromatic heterocycles. The van der Waals surface area contributed by atoms with Crippen molar-refractivity contribution in [3.8, 4) is 5.75 Å². The van der Waals surface area contributed by atoms with Crippen LogP contribution in [-0.4, -0.2) is 7.11 Å². The van der Waals surface area contributed by atoms with Gasteiger partial charge in [0.2, 0.25) is 0 Å². The van der Waals surface area contributed by atoms with Crippen molar-refractivity contribution in [3.63, 3.8) is 0 Å². The Bertz CT molecular complexity index is 572. The fourth-order valence-electron chi connectivity index (χ4n) is 1.79. The third-order valence-electron chi connectivity index (χ3n) is 2.75. The number of ether oxygens (including phenoxy) is 1. The Labute approximate surface area is 116 Å². The standard InChI is InChI=1S/C15H16FNOS/c1-10(17)12-9-11(16)7-8-14(12)19-15-6-4-3-5-13(15)18-2/h3-10H,17H2,1-2H3/t10-/m0/s1. The number of halogens is 1. The smallest absolute Gasteiger partial charge is 0.132 e. The minimum atomic E-state index is -0.267. The first-order valence-corrected chi connectivity index (χ1v) is 6.79. The molecule has 2 aromatic rings. The zero-order valence-corrected chi connectivity index (χ0v) is 11.7. The summed E-state index contributed by atoms with van der Waals surface area (Å²) in [6.45, 7) is 1.85. The van der Waals surface area contributed by atoms with Crippen LogP contribution < -0.4 is 10.5 Å². The van der Waals surface area contributed by atoms with Crippen molar-refractivity contribution in [2.45, 2.75) is 22.8 Å². The number of benzene rings is 2. The van der Waals surface area contributed by atoms with Gasteiger partial charge in [0, 0.05) is 10.9 Å². The SMILES string of the molecule is COc1ccccc1Sc1ccc(F)cc1[C@H](C)N. The maximum atomic E-state index is 13.3. The summed E-state index contributed by atoms with van der Waals surface area (Å²) in [5.74, 6) is 0.532. The van der Waals surface area contributed by atoms with E-state index < -0.39 is 0 Å². The summed E-state index contributed by atoms with van der Waals surface area (Å²) in [6.07, 6.45) is 0. The predicted octanol–water partition coefficient (Wildman–Crippen LogP) is 4.01. The molecular weight excluding hydrogens is 261 g/mol. The van der Waals surface area contributed by atoms with Crippen molar-refractivity contribution in [1.82, 2.24) is 0 Å². The number of hydrogen-bond acceptors (Lipinski definition) is 3. The van der Waals surface area contributed by atoms with Crippen molar-refractivity contribution < 1.29 is 9.13 Å². The van der Waals surface area contributed by atoms with E-state index in [1.54, 1.807) is 13.2 Å². The monoisotopic (exact) mass is 277 g/mol. The van der Waals surface area contributed by atoms with Crippen LogP contribution in [0, 0.1) is 5.82 Å². The summed E-state index contributed by atoms with van der Waals surface area (Å²) in [6, 6.07) is 12.2. The van der Waals surface area contributed by atoms with E-state index in [0.29, 0.717) is 0 Å². The molecule has 0 amide bonds. The first kappa shape index (κ1) is 13.9. The van der Waals surface area contributed by atoms with Crippen LogP contribution in [0.4, 0.5) is 4.39 Å². The minimum Gasteiger partial charge on any atom is -0.496 e. The summed E-state index contributed by atoms with van der Waals surface area (Å²) in [5.41, 5.74) is 6.70. The van der Waals surface area contributed by atoms with Gasteiger partial charge >= 0.3 is 0 Å². The lowest BCUT2D eigenvalue weighted by Gasteiger charge is -2.14. The van der Waals surface area contributed by atoms with E-state index in [-0.39, 0.29) is 11.9 Å². The molecule has 0 spiro atoms. The average molecular weight is 277 g/mol. The Hall–Kier alpha value is -1.52. The molecule has 0 fully saturated rings.